The number of hydrogen-bond donors (Lipinski definition) is 1. The average Bonchev–Trinajstić information content (AvgIpc) is 2.41. The second-order valence-corrected chi connectivity index (χ2v) is 5.21. The highest BCUT2D eigenvalue weighted by Gasteiger charge is 2.16. The van der Waals surface area contributed by atoms with Crippen LogP contribution >= 0.6 is 15.9 Å². The number of aliphatic hydroxyl groups is 1. The second-order valence-electron chi connectivity index (χ2n) is 4.30. The molecule has 100 valence electrons. The van der Waals surface area contributed by atoms with Gasteiger partial charge in [0.15, 0.2) is 0 Å². The largest absolute Gasteiger partial charge is 0.496 e. The van der Waals surface area contributed by atoms with Gasteiger partial charge in [0, 0.05) is 10.0 Å². The van der Waals surface area contributed by atoms with Crippen molar-refractivity contribution in [3.05, 3.63) is 63.4 Å². The van der Waals surface area contributed by atoms with Crippen LogP contribution in [0.3, 0.4) is 0 Å². The second kappa shape index (κ2) is 5.72. The maximum Gasteiger partial charge on any atom is 0.126 e. The minimum atomic E-state index is -0.845. The molecule has 2 nitrogen and oxygen atoms in total. The lowest BCUT2D eigenvalue weighted by molar-refractivity contribution is 0.214. The molecule has 0 aliphatic rings. The standard InChI is InChI=1S/C15H14BrFO2/c1-9-7-10(3-6-13(9)17)15(18)12-5-4-11(16)8-14(12)19-2/h3-8,15,18H,1-2H3. The van der Waals surface area contributed by atoms with E-state index in [9.17, 15) is 9.50 Å². The summed E-state index contributed by atoms with van der Waals surface area (Å²) in [7, 11) is 1.55. The Kier molecular flexibility index (Phi) is 4.22. The van der Waals surface area contributed by atoms with E-state index in [4.69, 9.17) is 4.74 Å². The van der Waals surface area contributed by atoms with Crippen molar-refractivity contribution in [1.82, 2.24) is 0 Å². The molecule has 1 unspecified atom stereocenters. The van der Waals surface area contributed by atoms with Crippen LogP contribution in [-0.2, 0) is 0 Å². The number of benzene rings is 2. The Labute approximate surface area is 120 Å². The molecule has 0 radical (unpaired) electrons. The van der Waals surface area contributed by atoms with Crippen molar-refractivity contribution in [1.29, 1.82) is 0 Å². The van der Waals surface area contributed by atoms with E-state index in [0.717, 1.165) is 4.47 Å². The molecular weight excluding hydrogens is 311 g/mol. The van der Waals surface area contributed by atoms with E-state index in [-0.39, 0.29) is 5.82 Å². The average molecular weight is 325 g/mol. The smallest absolute Gasteiger partial charge is 0.126 e. The molecular formula is C15H14BrFO2. The summed E-state index contributed by atoms with van der Waals surface area (Å²) in [5.74, 6) is 0.308. The van der Waals surface area contributed by atoms with E-state index >= 15 is 0 Å². The van der Waals surface area contributed by atoms with Crippen LogP contribution in [0.4, 0.5) is 4.39 Å². The van der Waals surface area contributed by atoms with E-state index in [1.165, 1.54) is 6.07 Å². The lowest BCUT2D eigenvalue weighted by Gasteiger charge is -2.16. The van der Waals surface area contributed by atoms with E-state index < -0.39 is 6.10 Å². The van der Waals surface area contributed by atoms with Gasteiger partial charge in [-0.3, -0.25) is 0 Å². The molecule has 2 aromatic carbocycles. The van der Waals surface area contributed by atoms with E-state index in [1.54, 1.807) is 38.3 Å². The number of methoxy groups -OCH3 is 1. The number of halogens is 2. The molecule has 0 saturated heterocycles. The maximum atomic E-state index is 13.3. The van der Waals surface area contributed by atoms with Crippen LogP contribution in [0.15, 0.2) is 40.9 Å². The Hall–Kier alpha value is -1.39. The van der Waals surface area contributed by atoms with E-state index in [1.807, 2.05) is 6.07 Å². The molecule has 0 aromatic heterocycles. The van der Waals surface area contributed by atoms with Crippen LogP contribution in [0.5, 0.6) is 5.75 Å². The Balaban J connectivity index is 2.43. The SMILES string of the molecule is COc1cc(Br)ccc1C(O)c1ccc(F)c(C)c1. The van der Waals surface area contributed by atoms with Gasteiger partial charge in [0.25, 0.3) is 0 Å². The lowest BCUT2D eigenvalue weighted by atomic mass is 9.99. The Morgan fingerprint density at radius 2 is 1.95 bits per heavy atom. The number of ether oxygens (including phenoxy) is 1. The third kappa shape index (κ3) is 2.96. The third-order valence-corrected chi connectivity index (χ3v) is 3.48. The molecule has 4 heteroatoms. The number of aliphatic hydroxyl groups excluding tert-OH is 1. The predicted molar refractivity (Wildman–Crippen MR) is 75.9 cm³/mol. The Morgan fingerprint density at radius 1 is 1.21 bits per heavy atom. The molecule has 2 rings (SSSR count). The van der Waals surface area contributed by atoms with Crippen LogP contribution in [0, 0.1) is 12.7 Å². The first-order valence-electron chi connectivity index (χ1n) is 5.80. The molecule has 19 heavy (non-hydrogen) atoms. The predicted octanol–water partition coefficient (Wildman–Crippen LogP) is 3.99. The van der Waals surface area contributed by atoms with Crippen molar-refractivity contribution >= 4 is 15.9 Å². The third-order valence-electron chi connectivity index (χ3n) is 2.99. The van der Waals surface area contributed by atoms with Crippen molar-refractivity contribution in [2.75, 3.05) is 7.11 Å². The Morgan fingerprint density at radius 3 is 2.58 bits per heavy atom. The molecule has 0 bridgehead atoms. The number of hydrogen-bond acceptors (Lipinski definition) is 2. The zero-order valence-corrected chi connectivity index (χ0v) is 12.2. The molecule has 0 saturated carbocycles. The number of rotatable bonds is 3. The lowest BCUT2D eigenvalue weighted by Crippen LogP contribution is -2.03. The fourth-order valence-corrected chi connectivity index (χ4v) is 2.27. The van der Waals surface area contributed by atoms with Gasteiger partial charge in [0.2, 0.25) is 0 Å². The van der Waals surface area contributed by atoms with Crippen LogP contribution in [-0.4, -0.2) is 12.2 Å². The summed E-state index contributed by atoms with van der Waals surface area (Å²) in [6, 6.07) is 9.98. The topological polar surface area (TPSA) is 29.5 Å². The fraction of sp³-hybridized carbons (Fsp3) is 0.200. The normalized spacial score (nSPS) is 12.3. The van der Waals surface area contributed by atoms with Crippen molar-refractivity contribution < 1.29 is 14.2 Å². The van der Waals surface area contributed by atoms with Gasteiger partial charge in [-0.15, -0.1) is 0 Å². The minimum Gasteiger partial charge on any atom is -0.496 e. The maximum absolute atomic E-state index is 13.3. The molecule has 0 heterocycles. The van der Waals surface area contributed by atoms with E-state index in [0.29, 0.717) is 22.4 Å². The van der Waals surface area contributed by atoms with Crippen LogP contribution in [0.25, 0.3) is 0 Å². The highest BCUT2D eigenvalue weighted by molar-refractivity contribution is 9.10. The van der Waals surface area contributed by atoms with Crippen molar-refractivity contribution in [2.24, 2.45) is 0 Å². The minimum absolute atomic E-state index is 0.279. The van der Waals surface area contributed by atoms with E-state index in [2.05, 4.69) is 15.9 Å². The summed E-state index contributed by atoms with van der Waals surface area (Å²) in [6.45, 7) is 1.67. The van der Waals surface area contributed by atoms with Gasteiger partial charge in [-0.25, -0.2) is 4.39 Å². The summed E-state index contributed by atoms with van der Waals surface area (Å²) in [5.41, 5.74) is 1.80. The van der Waals surface area contributed by atoms with Crippen LogP contribution < -0.4 is 4.74 Å². The van der Waals surface area contributed by atoms with Crippen molar-refractivity contribution in [3.63, 3.8) is 0 Å². The highest BCUT2D eigenvalue weighted by Crippen LogP contribution is 2.32. The van der Waals surface area contributed by atoms with Crippen LogP contribution in [0.2, 0.25) is 0 Å². The zero-order valence-electron chi connectivity index (χ0n) is 10.7. The molecule has 1 atom stereocenters. The number of aryl methyl sites for hydroxylation is 1. The monoisotopic (exact) mass is 324 g/mol. The summed E-state index contributed by atoms with van der Waals surface area (Å²) in [5, 5.41) is 10.4. The molecule has 0 fully saturated rings. The van der Waals surface area contributed by atoms with Gasteiger partial charge < -0.3 is 9.84 Å². The van der Waals surface area contributed by atoms with Gasteiger partial charge in [-0.05, 0) is 36.2 Å². The van der Waals surface area contributed by atoms with Crippen molar-refractivity contribution in [3.8, 4) is 5.75 Å². The molecule has 0 aliphatic carbocycles. The zero-order chi connectivity index (χ0) is 14.0. The van der Waals surface area contributed by atoms with Gasteiger partial charge in [0.1, 0.15) is 17.7 Å². The van der Waals surface area contributed by atoms with Gasteiger partial charge in [-0.1, -0.05) is 34.1 Å². The van der Waals surface area contributed by atoms with Gasteiger partial charge >= 0.3 is 0 Å². The van der Waals surface area contributed by atoms with Gasteiger partial charge in [-0.2, -0.15) is 0 Å². The summed E-state index contributed by atoms with van der Waals surface area (Å²) in [6.07, 6.45) is -0.845. The first kappa shape index (κ1) is 14.0. The quantitative estimate of drug-likeness (QED) is 0.925. The molecule has 2 aromatic rings. The Bertz CT molecular complexity index is 599. The fourth-order valence-electron chi connectivity index (χ4n) is 1.93. The summed E-state index contributed by atoms with van der Waals surface area (Å²) < 4.78 is 19.4. The molecule has 0 aliphatic heterocycles. The van der Waals surface area contributed by atoms with Crippen LogP contribution in [0.1, 0.15) is 22.8 Å². The first-order chi connectivity index (χ1) is 9.02. The highest BCUT2D eigenvalue weighted by atomic mass is 79.9. The summed E-state index contributed by atoms with van der Waals surface area (Å²) >= 11 is 3.35. The molecule has 0 spiro atoms. The van der Waals surface area contributed by atoms with Crippen molar-refractivity contribution in [2.45, 2.75) is 13.0 Å². The van der Waals surface area contributed by atoms with Gasteiger partial charge in [0.05, 0.1) is 7.11 Å². The molecule has 1 N–H and O–H groups in total. The first-order valence-corrected chi connectivity index (χ1v) is 6.59. The summed E-state index contributed by atoms with van der Waals surface area (Å²) in [4.78, 5) is 0. The molecule has 0 amide bonds.